The molecular weight excluding hydrogens is 378 g/mol. The molecule has 4 rings (SSSR count). The van der Waals surface area contributed by atoms with Crippen molar-refractivity contribution in [2.45, 2.75) is 4.34 Å². The summed E-state index contributed by atoms with van der Waals surface area (Å²) in [4.78, 5) is 16.5. The number of nitrogens with one attached hydrogen (secondary N) is 2. The molecule has 1 amide bonds. The first-order chi connectivity index (χ1) is 13.3. The Morgan fingerprint density at radius 2 is 2.00 bits per heavy atom. The number of hydrogen-bond donors (Lipinski definition) is 2. The second-order valence-electron chi connectivity index (χ2n) is 5.60. The van der Waals surface area contributed by atoms with E-state index in [2.05, 4.69) is 25.7 Å². The van der Waals surface area contributed by atoms with Crippen LogP contribution in [0.5, 0.6) is 0 Å². The van der Waals surface area contributed by atoms with Gasteiger partial charge in [-0.05, 0) is 12.1 Å². The van der Waals surface area contributed by atoms with E-state index in [1.165, 1.54) is 11.8 Å². The summed E-state index contributed by atoms with van der Waals surface area (Å²) < 4.78 is 1.99. The third-order valence-electron chi connectivity index (χ3n) is 3.73. The van der Waals surface area contributed by atoms with Gasteiger partial charge in [-0.2, -0.15) is 10.2 Å². The summed E-state index contributed by atoms with van der Waals surface area (Å²) >= 11 is 2.99. The number of aromatic amines is 1. The molecule has 0 unspecified atom stereocenters. The van der Waals surface area contributed by atoms with Crippen LogP contribution in [0.2, 0.25) is 0 Å². The maximum absolute atomic E-state index is 12.0. The fourth-order valence-electron chi connectivity index (χ4n) is 2.48. The molecule has 134 valence electrons. The molecule has 27 heavy (non-hydrogen) atoms. The molecule has 0 fully saturated rings. The lowest BCUT2D eigenvalue weighted by molar-refractivity contribution is -0.118. The lowest BCUT2D eigenvalue weighted by Crippen LogP contribution is -2.19. The van der Waals surface area contributed by atoms with Crippen LogP contribution in [0.15, 0.2) is 70.2 Å². The van der Waals surface area contributed by atoms with Crippen LogP contribution >= 0.6 is 23.1 Å². The molecule has 0 radical (unpaired) electrons. The van der Waals surface area contributed by atoms with E-state index in [9.17, 15) is 4.79 Å². The van der Waals surface area contributed by atoms with Crippen molar-refractivity contribution >= 4 is 45.4 Å². The normalized spacial score (nSPS) is 11.3. The summed E-state index contributed by atoms with van der Waals surface area (Å²) in [7, 11) is 0. The summed E-state index contributed by atoms with van der Waals surface area (Å²) in [6, 6.07) is 17.8. The smallest absolute Gasteiger partial charge is 0.250 e. The highest BCUT2D eigenvalue weighted by Gasteiger charge is 2.08. The van der Waals surface area contributed by atoms with Crippen LogP contribution in [-0.2, 0) is 4.79 Å². The molecule has 2 aromatic heterocycles. The zero-order valence-electron chi connectivity index (χ0n) is 14.1. The molecule has 0 atom stereocenters. The number of benzene rings is 2. The van der Waals surface area contributed by atoms with E-state index < -0.39 is 0 Å². The summed E-state index contributed by atoms with van der Waals surface area (Å²) in [6.45, 7) is 0. The fourth-order valence-corrected chi connectivity index (χ4v) is 4.34. The Morgan fingerprint density at radius 3 is 2.85 bits per heavy atom. The van der Waals surface area contributed by atoms with Gasteiger partial charge in [0.25, 0.3) is 5.91 Å². The average Bonchev–Trinajstić information content (AvgIpc) is 3.33. The van der Waals surface area contributed by atoms with E-state index in [1.807, 2.05) is 54.6 Å². The fraction of sp³-hybridized carbons (Fsp3) is 0.0526. The second-order valence-corrected chi connectivity index (χ2v) is 7.85. The Morgan fingerprint density at radius 1 is 1.19 bits per heavy atom. The Hall–Kier alpha value is -2.97. The number of para-hydroxylation sites is 1. The first kappa shape index (κ1) is 17.4. The van der Waals surface area contributed by atoms with Gasteiger partial charge in [0, 0.05) is 11.1 Å². The highest BCUT2D eigenvalue weighted by atomic mass is 32.2. The molecule has 2 aromatic carbocycles. The second kappa shape index (κ2) is 8.15. The van der Waals surface area contributed by atoms with E-state index in [-0.39, 0.29) is 11.7 Å². The van der Waals surface area contributed by atoms with E-state index in [0.717, 1.165) is 31.4 Å². The van der Waals surface area contributed by atoms with Crippen molar-refractivity contribution in [3.8, 4) is 11.3 Å². The number of carbonyl (C=O) groups is 1. The molecule has 6 nitrogen and oxygen atoms in total. The third kappa shape index (κ3) is 4.24. The van der Waals surface area contributed by atoms with Gasteiger partial charge in [-0.1, -0.05) is 54.2 Å². The van der Waals surface area contributed by atoms with E-state index in [4.69, 9.17) is 0 Å². The number of amides is 1. The molecule has 2 N–H and O–H groups in total. The van der Waals surface area contributed by atoms with Gasteiger partial charge in [-0.15, -0.1) is 11.3 Å². The van der Waals surface area contributed by atoms with Crippen LogP contribution in [0.4, 0.5) is 0 Å². The van der Waals surface area contributed by atoms with Crippen molar-refractivity contribution in [1.29, 1.82) is 0 Å². The van der Waals surface area contributed by atoms with Gasteiger partial charge in [0.05, 0.1) is 34.1 Å². The van der Waals surface area contributed by atoms with Crippen LogP contribution in [0.3, 0.4) is 0 Å². The van der Waals surface area contributed by atoms with Gasteiger partial charge < -0.3 is 0 Å². The largest absolute Gasteiger partial charge is 0.277 e. The molecule has 0 bridgehead atoms. The van der Waals surface area contributed by atoms with Crippen molar-refractivity contribution in [2.24, 2.45) is 5.10 Å². The number of aromatic nitrogens is 3. The van der Waals surface area contributed by atoms with Gasteiger partial charge in [0.15, 0.2) is 4.34 Å². The monoisotopic (exact) mass is 393 g/mol. The molecule has 0 aliphatic carbocycles. The number of thioether (sulfide) groups is 1. The van der Waals surface area contributed by atoms with Crippen molar-refractivity contribution in [2.75, 3.05) is 5.75 Å². The van der Waals surface area contributed by atoms with E-state index in [0.29, 0.717) is 0 Å². The minimum atomic E-state index is -0.180. The zero-order chi connectivity index (χ0) is 18.5. The maximum atomic E-state index is 12.0. The van der Waals surface area contributed by atoms with Crippen LogP contribution in [0.1, 0.15) is 5.56 Å². The highest BCUT2D eigenvalue weighted by Crippen LogP contribution is 2.29. The van der Waals surface area contributed by atoms with Gasteiger partial charge in [-0.3, -0.25) is 9.89 Å². The summed E-state index contributed by atoms with van der Waals surface area (Å²) in [6.07, 6.45) is 3.26. The van der Waals surface area contributed by atoms with E-state index >= 15 is 0 Å². The molecule has 8 heteroatoms. The van der Waals surface area contributed by atoms with Crippen molar-refractivity contribution in [3.63, 3.8) is 0 Å². The number of carbonyl (C=O) groups excluding carboxylic acids is 1. The van der Waals surface area contributed by atoms with Gasteiger partial charge in [0.1, 0.15) is 0 Å². The third-order valence-corrected chi connectivity index (χ3v) is 5.90. The summed E-state index contributed by atoms with van der Waals surface area (Å²) in [5.74, 6) is 0.0777. The number of hydrogen-bond acceptors (Lipinski definition) is 6. The van der Waals surface area contributed by atoms with Crippen molar-refractivity contribution < 1.29 is 4.79 Å². The predicted molar refractivity (Wildman–Crippen MR) is 110 cm³/mol. The van der Waals surface area contributed by atoms with Crippen LogP contribution in [0.25, 0.3) is 21.5 Å². The van der Waals surface area contributed by atoms with Crippen molar-refractivity contribution in [1.82, 2.24) is 20.6 Å². The number of hydrazone groups is 1. The molecule has 0 aliphatic rings. The molecule has 0 aliphatic heterocycles. The lowest BCUT2D eigenvalue weighted by Gasteiger charge is -1.99. The first-order valence-electron chi connectivity index (χ1n) is 8.18. The molecule has 2 heterocycles. The van der Waals surface area contributed by atoms with Gasteiger partial charge in [-0.25, -0.2) is 10.4 Å². The van der Waals surface area contributed by atoms with Crippen LogP contribution < -0.4 is 5.43 Å². The zero-order valence-corrected chi connectivity index (χ0v) is 15.8. The molecule has 0 saturated carbocycles. The molecule has 0 spiro atoms. The number of H-pyrrole nitrogens is 1. The molecule has 0 saturated heterocycles. The topological polar surface area (TPSA) is 83.0 Å². The Kier molecular flexibility index (Phi) is 5.27. The SMILES string of the molecule is O=C(CSc1nc2ccccc2s1)N/N=C\c1cn[nH]c1-c1ccccc1. The Labute approximate surface area is 163 Å². The van der Waals surface area contributed by atoms with Crippen molar-refractivity contribution in [3.05, 3.63) is 66.4 Å². The maximum Gasteiger partial charge on any atom is 0.250 e. The number of thiazole rings is 1. The first-order valence-corrected chi connectivity index (χ1v) is 9.99. The number of nitrogens with zero attached hydrogens (tertiary/aromatic N) is 3. The van der Waals surface area contributed by atoms with Gasteiger partial charge in [0.2, 0.25) is 0 Å². The average molecular weight is 393 g/mol. The number of fused-ring (bicyclic) bond motifs is 1. The Bertz CT molecular complexity index is 1050. The van der Waals surface area contributed by atoms with Crippen LogP contribution in [0, 0.1) is 0 Å². The lowest BCUT2D eigenvalue weighted by atomic mass is 10.1. The standard InChI is InChI=1S/C19H15N5OS2/c25-17(12-26-19-22-15-8-4-5-9-16(15)27-19)23-20-10-14-11-21-24-18(14)13-6-2-1-3-7-13/h1-11H,12H2,(H,21,24)(H,23,25)/b20-10-. The summed E-state index contributed by atoms with van der Waals surface area (Å²) in [5, 5.41) is 11.0. The molecular formula is C19H15N5OS2. The van der Waals surface area contributed by atoms with Gasteiger partial charge >= 0.3 is 0 Å². The van der Waals surface area contributed by atoms with E-state index in [1.54, 1.807) is 23.7 Å². The minimum Gasteiger partial charge on any atom is -0.277 e. The number of rotatable bonds is 6. The highest BCUT2D eigenvalue weighted by molar-refractivity contribution is 8.01. The summed E-state index contributed by atoms with van der Waals surface area (Å²) in [5.41, 5.74) is 6.18. The molecule has 4 aromatic rings. The predicted octanol–water partition coefficient (Wildman–Crippen LogP) is 3.93. The Balaban J connectivity index is 1.34. The van der Waals surface area contributed by atoms with Crippen LogP contribution in [-0.4, -0.2) is 33.1 Å². The quantitative estimate of drug-likeness (QED) is 0.295. The minimum absolute atomic E-state index is 0.180.